The first-order valence-electron chi connectivity index (χ1n) is 17.2. The van der Waals surface area contributed by atoms with Gasteiger partial charge in [0.05, 0.1) is 11.4 Å². The van der Waals surface area contributed by atoms with Gasteiger partial charge in [0.1, 0.15) is 0 Å². The summed E-state index contributed by atoms with van der Waals surface area (Å²) in [6.07, 6.45) is 3.76. The molecule has 0 N–H and O–H groups in total. The third kappa shape index (κ3) is 8.10. The molecule has 0 radical (unpaired) electrons. The number of anilines is 6. The number of aliphatic imine (C=N–C) groups is 2. The molecule has 0 unspecified atom stereocenters. The zero-order chi connectivity index (χ0) is 35.0. The number of nitrogens with zero attached hydrogens (tertiary/aromatic N) is 4. The summed E-state index contributed by atoms with van der Waals surface area (Å²) in [7, 11) is 0. The maximum absolute atomic E-state index is 5.01. The number of benzene rings is 8. The molecule has 0 saturated carbocycles. The van der Waals surface area contributed by atoms with Gasteiger partial charge >= 0.3 is 21.1 Å². The van der Waals surface area contributed by atoms with Crippen LogP contribution in [0.15, 0.2) is 204 Å². The van der Waals surface area contributed by atoms with E-state index >= 15 is 0 Å². The second kappa shape index (κ2) is 16.8. The van der Waals surface area contributed by atoms with Crippen LogP contribution in [-0.2, 0) is 21.1 Å². The van der Waals surface area contributed by atoms with Crippen molar-refractivity contribution in [2.45, 2.75) is 0 Å². The van der Waals surface area contributed by atoms with Crippen molar-refractivity contribution in [2.24, 2.45) is 9.98 Å². The molecule has 0 aliphatic rings. The van der Waals surface area contributed by atoms with E-state index in [1.165, 1.54) is 0 Å². The Bertz CT molecular complexity index is 2220. The van der Waals surface area contributed by atoms with E-state index in [4.69, 9.17) is 9.98 Å². The zero-order valence-corrected chi connectivity index (χ0v) is 31.0. The van der Waals surface area contributed by atoms with E-state index in [1.54, 1.807) is 0 Å². The molecule has 0 heterocycles. The number of hydrogen-bond acceptors (Lipinski definition) is 4. The van der Waals surface area contributed by atoms with Crippen molar-refractivity contribution in [1.29, 1.82) is 0 Å². The van der Waals surface area contributed by atoms with Gasteiger partial charge in [-0.25, -0.2) is 0 Å². The van der Waals surface area contributed by atoms with E-state index in [0.29, 0.717) is 0 Å². The minimum Gasteiger partial charge on any atom is -0.328 e. The Kier molecular flexibility index (Phi) is 11.1. The summed E-state index contributed by atoms with van der Waals surface area (Å²) in [6.45, 7) is 0. The van der Waals surface area contributed by atoms with Crippen molar-refractivity contribution in [2.75, 3.05) is 9.80 Å². The van der Waals surface area contributed by atoms with E-state index in [-0.39, 0.29) is 21.1 Å². The third-order valence-electron chi connectivity index (χ3n) is 8.74. The van der Waals surface area contributed by atoms with Gasteiger partial charge in [-0.3, -0.25) is 0 Å². The summed E-state index contributed by atoms with van der Waals surface area (Å²) in [5.41, 5.74) is 9.79. The molecule has 256 valence electrons. The van der Waals surface area contributed by atoms with Gasteiger partial charge in [-0.2, -0.15) is 0 Å². The number of para-hydroxylation sites is 4. The van der Waals surface area contributed by atoms with Gasteiger partial charge in [-0.05, 0) is 89.9 Å². The van der Waals surface area contributed by atoms with Gasteiger partial charge in [0, 0.05) is 28.1 Å². The Morgan fingerprint density at radius 1 is 0.377 bits per heavy atom. The molecule has 5 heteroatoms. The normalized spacial score (nSPS) is 11.1. The van der Waals surface area contributed by atoms with Gasteiger partial charge in [0.25, 0.3) is 0 Å². The predicted octanol–water partition coefficient (Wildman–Crippen LogP) is 12.9. The molecule has 53 heavy (non-hydrogen) atoms. The summed E-state index contributed by atoms with van der Waals surface area (Å²) < 4.78 is 0. The van der Waals surface area contributed by atoms with Crippen molar-refractivity contribution in [3.05, 3.63) is 217 Å². The molecule has 0 amide bonds. The Balaban J connectivity index is 0.00000435. The second-order valence-corrected chi connectivity index (χ2v) is 12.2. The van der Waals surface area contributed by atoms with Gasteiger partial charge in [0.15, 0.2) is 0 Å². The molecule has 0 bridgehead atoms. The van der Waals surface area contributed by atoms with Gasteiger partial charge in [0.2, 0.25) is 0 Å². The first kappa shape index (κ1) is 35.1. The van der Waals surface area contributed by atoms with Crippen LogP contribution in [-0.4, -0.2) is 12.4 Å². The first-order chi connectivity index (χ1) is 25.8. The van der Waals surface area contributed by atoms with Gasteiger partial charge < -0.3 is 19.8 Å². The standard InChI is InChI=1S/C48H34N4.Pt/c1-5-21-40(22-6-1)51(41-23-7-2-8-24-41)44-29-13-17-37(33-44)35-49-46-31-15-19-39-20-16-32-47(48(39)46)50-36-38-18-14-30-45(34-38)52(42-25-9-3-10-26-42)43-27-11-4-12-28-43;/h1-16,19-36H;/q-2;+2. The van der Waals surface area contributed by atoms with Crippen molar-refractivity contribution >= 4 is 68.7 Å². The van der Waals surface area contributed by atoms with E-state index in [1.807, 2.05) is 73.1 Å². The Morgan fingerprint density at radius 2 is 0.736 bits per heavy atom. The molecule has 4 nitrogen and oxygen atoms in total. The summed E-state index contributed by atoms with van der Waals surface area (Å²) in [5.74, 6) is 0. The van der Waals surface area contributed by atoms with Crippen LogP contribution >= 0.6 is 0 Å². The van der Waals surface area contributed by atoms with Gasteiger partial charge in [-0.15, -0.1) is 59.7 Å². The van der Waals surface area contributed by atoms with Crippen LogP contribution in [0.25, 0.3) is 10.8 Å². The van der Waals surface area contributed by atoms with Crippen molar-refractivity contribution in [3.8, 4) is 0 Å². The van der Waals surface area contributed by atoms with Crippen LogP contribution in [0.5, 0.6) is 0 Å². The zero-order valence-electron chi connectivity index (χ0n) is 28.7. The van der Waals surface area contributed by atoms with Crippen molar-refractivity contribution in [3.63, 3.8) is 0 Å². The fraction of sp³-hybridized carbons (Fsp3) is 0. The maximum atomic E-state index is 5.01. The molecule has 0 spiro atoms. The van der Waals surface area contributed by atoms with Crippen LogP contribution in [0.2, 0.25) is 0 Å². The van der Waals surface area contributed by atoms with Crippen LogP contribution in [0.4, 0.5) is 45.5 Å². The fourth-order valence-electron chi connectivity index (χ4n) is 6.37. The number of rotatable bonds is 10. The second-order valence-electron chi connectivity index (χ2n) is 12.2. The molecule has 8 rings (SSSR count). The monoisotopic (exact) mass is 861 g/mol. The van der Waals surface area contributed by atoms with Crippen LogP contribution < -0.4 is 9.80 Å². The molecule has 8 aromatic carbocycles. The van der Waals surface area contributed by atoms with Crippen LogP contribution in [0.1, 0.15) is 11.1 Å². The SMILES string of the molecule is [Pt+2].[c-]1ccc(N(c2ccccc2)c2ccccc2)cc1C=Nc1cccc2cccc(N=Cc3[c-]ccc(N(c4ccccc4)c4ccccc4)c3)c12. The minimum atomic E-state index is 0. The largest absolute Gasteiger partial charge is 2.00 e. The molecule has 0 aliphatic carbocycles. The van der Waals surface area contributed by atoms with Crippen LogP contribution in [0, 0.1) is 12.1 Å². The Hall–Kier alpha value is -6.35. The Labute approximate surface area is 325 Å². The topological polar surface area (TPSA) is 31.2 Å². The maximum Gasteiger partial charge on any atom is 2.00 e. The molecule has 0 aromatic heterocycles. The average Bonchev–Trinajstić information content (AvgIpc) is 3.21. The molecule has 0 fully saturated rings. The molecule has 0 atom stereocenters. The van der Waals surface area contributed by atoms with Crippen LogP contribution in [0.3, 0.4) is 0 Å². The molecular formula is C48H34N4Pt. The van der Waals surface area contributed by atoms with Crippen molar-refractivity contribution in [1.82, 2.24) is 0 Å². The smallest absolute Gasteiger partial charge is 0.328 e. The molecule has 8 aromatic rings. The number of hydrogen-bond donors (Lipinski definition) is 0. The minimum absolute atomic E-state index is 0. The summed E-state index contributed by atoms with van der Waals surface area (Å²) in [5, 5.41) is 2.05. The fourth-order valence-corrected chi connectivity index (χ4v) is 6.37. The average molecular weight is 862 g/mol. The van der Waals surface area contributed by atoms with E-state index in [0.717, 1.165) is 67.4 Å². The summed E-state index contributed by atoms with van der Waals surface area (Å²) in [6, 6.07) is 72.9. The van der Waals surface area contributed by atoms with E-state index < -0.39 is 0 Å². The summed E-state index contributed by atoms with van der Waals surface area (Å²) >= 11 is 0. The quantitative estimate of drug-likeness (QED) is 0.101. The predicted molar refractivity (Wildman–Crippen MR) is 218 cm³/mol. The third-order valence-corrected chi connectivity index (χ3v) is 8.74. The Morgan fingerprint density at radius 3 is 1.09 bits per heavy atom. The summed E-state index contributed by atoms with van der Waals surface area (Å²) in [4.78, 5) is 14.5. The molecular weight excluding hydrogens is 828 g/mol. The van der Waals surface area contributed by atoms with Gasteiger partial charge in [-0.1, -0.05) is 97.1 Å². The molecule has 0 aliphatic heterocycles. The number of fused-ring (bicyclic) bond motifs is 1. The van der Waals surface area contributed by atoms with E-state index in [9.17, 15) is 0 Å². The van der Waals surface area contributed by atoms with E-state index in [2.05, 4.69) is 155 Å². The first-order valence-corrected chi connectivity index (χ1v) is 17.2. The van der Waals surface area contributed by atoms with Crippen molar-refractivity contribution < 1.29 is 21.1 Å². The molecule has 0 saturated heterocycles.